The van der Waals surface area contributed by atoms with E-state index in [1.807, 2.05) is 6.92 Å². The number of benzene rings is 1. The number of anilines is 1. The first-order valence-electron chi connectivity index (χ1n) is 9.57. The van der Waals surface area contributed by atoms with Gasteiger partial charge in [0.1, 0.15) is 17.0 Å². The van der Waals surface area contributed by atoms with Crippen molar-refractivity contribution < 1.29 is 4.52 Å². The summed E-state index contributed by atoms with van der Waals surface area (Å²) in [5.41, 5.74) is 5.68. The number of aromatic nitrogens is 3. The van der Waals surface area contributed by atoms with E-state index in [4.69, 9.17) is 4.52 Å². The molecule has 0 amide bonds. The van der Waals surface area contributed by atoms with E-state index in [-0.39, 0.29) is 0 Å². The van der Waals surface area contributed by atoms with Gasteiger partial charge in [-0.3, -0.25) is 0 Å². The molecule has 1 fully saturated rings. The number of hydrogen-bond donors (Lipinski definition) is 1. The lowest BCUT2D eigenvalue weighted by atomic mass is 10.0. The van der Waals surface area contributed by atoms with Gasteiger partial charge in [0.2, 0.25) is 5.58 Å². The van der Waals surface area contributed by atoms with Crippen LogP contribution < -0.4 is 5.32 Å². The Hall–Kier alpha value is -2.43. The number of rotatable bonds is 7. The van der Waals surface area contributed by atoms with E-state index in [0.29, 0.717) is 5.58 Å². The van der Waals surface area contributed by atoms with Crippen LogP contribution in [0.5, 0.6) is 0 Å². The Bertz CT molecular complexity index is 927. The first-order chi connectivity index (χ1) is 12.6. The summed E-state index contributed by atoms with van der Waals surface area (Å²) in [6.07, 6.45) is 6.64. The van der Waals surface area contributed by atoms with Crippen LogP contribution in [-0.4, -0.2) is 21.7 Å². The molecule has 0 unspecified atom stereocenters. The molecular weight excluding hydrogens is 324 g/mol. The summed E-state index contributed by atoms with van der Waals surface area (Å²) >= 11 is 0. The van der Waals surface area contributed by atoms with Crippen molar-refractivity contribution in [3.05, 3.63) is 35.2 Å². The molecule has 2 heterocycles. The molecule has 1 aliphatic rings. The highest BCUT2D eigenvalue weighted by molar-refractivity contribution is 5.94. The van der Waals surface area contributed by atoms with Crippen molar-refractivity contribution in [3.63, 3.8) is 0 Å². The maximum absolute atomic E-state index is 5.64. The average Bonchev–Trinajstić information content (AvgIpc) is 3.33. The number of nitrogens with zero attached hydrogens (tertiary/aromatic N) is 3. The highest BCUT2D eigenvalue weighted by Crippen LogP contribution is 2.34. The number of unbranched alkanes of at least 4 members (excludes halogenated alkanes) is 1. The van der Waals surface area contributed by atoms with E-state index in [1.54, 1.807) is 0 Å². The van der Waals surface area contributed by atoms with Crippen LogP contribution in [0.25, 0.3) is 22.4 Å². The van der Waals surface area contributed by atoms with Gasteiger partial charge in [0.05, 0.1) is 0 Å². The average molecular weight is 350 g/mol. The summed E-state index contributed by atoms with van der Waals surface area (Å²) in [7, 11) is 0. The Balaban J connectivity index is 1.58. The Morgan fingerprint density at radius 2 is 1.96 bits per heavy atom. The van der Waals surface area contributed by atoms with Gasteiger partial charge in [-0.15, -0.1) is 0 Å². The number of nitrogens with one attached hydrogen (secondary N) is 1. The zero-order valence-electron chi connectivity index (χ0n) is 15.8. The fraction of sp³-hybridized carbons (Fsp3) is 0.476. The fourth-order valence-electron chi connectivity index (χ4n) is 3.49. The van der Waals surface area contributed by atoms with Gasteiger partial charge in [-0.05, 0) is 38.7 Å². The second-order valence-electron chi connectivity index (χ2n) is 7.51. The van der Waals surface area contributed by atoms with Crippen LogP contribution in [0.2, 0.25) is 0 Å². The highest BCUT2D eigenvalue weighted by Gasteiger charge is 2.20. The van der Waals surface area contributed by atoms with Crippen LogP contribution in [-0.2, 0) is 0 Å². The smallest absolute Gasteiger partial charge is 0.228 e. The number of fused-ring (bicyclic) bond motifs is 1. The van der Waals surface area contributed by atoms with E-state index in [9.17, 15) is 0 Å². The lowest BCUT2D eigenvalue weighted by Gasteiger charge is -2.07. The summed E-state index contributed by atoms with van der Waals surface area (Å²) in [5, 5.41) is 7.74. The molecule has 1 N–H and O–H groups in total. The van der Waals surface area contributed by atoms with Crippen molar-refractivity contribution in [3.8, 4) is 11.3 Å². The molecule has 1 aliphatic carbocycles. The van der Waals surface area contributed by atoms with E-state index < -0.39 is 0 Å². The first-order valence-corrected chi connectivity index (χ1v) is 9.57. The van der Waals surface area contributed by atoms with Crippen LogP contribution in [0.1, 0.15) is 49.1 Å². The monoisotopic (exact) mass is 350 g/mol. The maximum atomic E-state index is 5.64. The standard InChI is InChI=1S/C21H26N4O/c1-13-7-10-17(14(2)12-13)18-19-20(26-25-18)21(24-15(3)23-19)22-11-5-4-6-16-8-9-16/h7,10,12,16H,4-6,8-9,11H2,1-3H3,(H,22,23,24). The zero-order chi connectivity index (χ0) is 18.1. The van der Waals surface area contributed by atoms with Crippen LogP contribution in [0.3, 0.4) is 0 Å². The van der Waals surface area contributed by atoms with Gasteiger partial charge in [0, 0.05) is 12.1 Å². The Labute approximate surface area is 154 Å². The van der Waals surface area contributed by atoms with Gasteiger partial charge >= 0.3 is 0 Å². The Morgan fingerprint density at radius 1 is 1.12 bits per heavy atom. The summed E-state index contributed by atoms with van der Waals surface area (Å²) in [4.78, 5) is 9.14. The summed E-state index contributed by atoms with van der Waals surface area (Å²) in [6.45, 7) is 7.00. The number of aryl methyl sites for hydroxylation is 3. The van der Waals surface area contributed by atoms with Gasteiger partial charge in [0.15, 0.2) is 5.82 Å². The van der Waals surface area contributed by atoms with E-state index in [2.05, 4.69) is 52.5 Å². The summed E-state index contributed by atoms with van der Waals surface area (Å²) in [5.74, 6) is 2.48. The van der Waals surface area contributed by atoms with Gasteiger partial charge in [-0.25, -0.2) is 9.97 Å². The zero-order valence-corrected chi connectivity index (χ0v) is 15.8. The van der Waals surface area contributed by atoms with Crippen molar-refractivity contribution in [2.75, 3.05) is 11.9 Å². The molecule has 5 heteroatoms. The van der Waals surface area contributed by atoms with Crippen LogP contribution in [0.15, 0.2) is 22.7 Å². The van der Waals surface area contributed by atoms with Crippen LogP contribution >= 0.6 is 0 Å². The fourth-order valence-corrected chi connectivity index (χ4v) is 3.49. The summed E-state index contributed by atoms with van der Waals surface area (Å²) < 4.78 is 5.64. The molecule has 136 valence electrons. The van der Waals surface area contributed by atoms with Crippen molar-refractivity contribution in [1.29, 1.82) is 0 Å². The highest BCUT2D eigenvalue weighted by atomic mass is 16.5. The van der Waals surface area contributed by atoms with E-state index in [1.165, 1.54) is 36.8 Å². The molecule has 5 nitrogen and oxygen atoms in total. The first kappa shape index (κ1) is 17.0. The summed E-state index contributed by atoms with van der Waals surface area (Å²) in [6, 6.07) is 6.34. The second kappa shape index (κ2) is 7.06. The quantitative estimate of drug-likeness (QED) is 0.593. The molecule has 0 saturated heterocycles. The second-order valence-corrected chi connectivity index (χ2v) is 7.51. The van der Waals surface area contributed by atoms with Crippen LogP contribution in [0.4, 0.5) is 5.82 Å². The predicted octanol–water partition coefficient (Wildman–Crippen LogP) is 5.20. The van der Waals surface area contributed by atoms with E-state index >= 15 is 0 Å². The lowest BCUT2D eigenvalue weighted by molar-refractivity contribution is 0.459. The molecule has 2 aromatic heterocycles. The molecular formula is C21H26N4O. The molecule has 0 radical (unpaired) electrons. The molecule has 0 atom stereocenters. The minimum absolute atomic E-state index is 0.646. The topological polar surface area (TPSA) is 63.8 Å². The minimum atomic E-state index is 0.646. The SMILES string of the molecule is Cc1ccc(-c2noc3c(NCCCCC4CC4)nc(C)nc23)c(C)c1. The third-order valence-electron chi connectivity index (χ3n) is 5.10. The largest absolute Gasteiger partial charge is 0.367 e. The van der Waals surface area contributed by atoms with Crippen molar-refractivity contribution >= 4 is 16.9 Å². The molecule has 4 rings (SSSR count). The van der Waals surface area contributed by atoms with Gasteiger partial charge < -0.3 is 9.84 Å². The Kier molecular flexibility index (Phi) is 4.62. The molecule has 0 bridgehead atoms. The molecule has 26 heavy (non-hydrogen) atoms. The van der Waals surface area contributed by atoms with Crippen molar-refractivity contribution in [2.24, 2.45) is 5.92 Å². The van der Waals surface area contributed by atoms with Gasteiger partial charge in [0.25, 0.3) is 0 Å². The maximum Gasteiger partial charge on any atom is 0.228 e. The molecule has 1 saturated carbocycles. The third-order valence-corrected chi connectivity index (χ3v) is 5.10. The molecule has 0 spiro atoms. The molecule has 3 aromatic rings. The molecule has 1 aromatic carbocycles. The molecule has 0 aliphatic heterocycles. The van der Waals surface area contributed by atoms with Gasteiger partial charge in [-0.2, -0.15) is 0 Å². The normalized spacial score (nSPS) is 14.1. The van der Waals surface area contributed by atoms with Crippen LogP contribution in [0, 0.1) is 26.7 Å². The van der Waals surface area contributed by atoms with Gasteiger partial charge in [-0.1, -0.05) is 54.6 Å². The minimum Gasteiger partial charge on any atom is -0.367 e. The van der Waals surface area contributed by atoms with Crippen molar-refractivity contribution in [1.82, 2.24) is 15.1 Å². The van der Waals surface area contributed by atoms with Crippen molar-refractivity contribution in [2.45, 2.75) is 52.9 Å². The Morgan fingerprint density at radius 3 is 2.73 bits per heavy atom. The number of hydrogen-bond acceptors (Lipinski definition) is 5. The third kappa shape index (κ3) is 3.57. The lowest BCUT2D eigenvalue weighted by Crippen LogP contribution is -2.05. The predicted molar refractivity (Wildman–Crippen MR) is 104 cm³/mol. The van der Waals surface area contributed by atoms with E-state index in [0.717, 1.165) is 47.3 Å².